The van der Waals surface area contributed by atoms with E-state index in [1.807, 2.05) is 42.5 Å². The zero-order valence-electron chi connectivity index (χ0n) is 15.9. The molecule has 2 aromatic carbocycles. The molecule has 0 radical (unpaired) electrons. The van der Waals surface area contributed by atoms with Gasteiger partial charge >= 0.3 is 5.97 Å². The van der Waals surface area contributed by atoms with Gasteiger partial charge in [0.05, 0.1) is 12.3 Å². The summed E-state index contributed by atoms with van der Waals surface area (Å²) >= 11 is 0. The maximum absolute atomic E-state index is 11.8. The number of ether oxygens (including phenoxy) is 1. The summed E-state index contributed by atoms with van der Waals surface area (Å²) in [6, 6.07) is 15.2. The summed E-state index contributed by atoms with van der Waals surface area (Å²) in [6.07, 6.45) is 3.97. The lowest BCUT2D eigenvalue weighted by atomic mass is 9.82. The molecule has 0 amide bonds. The van der Waals surface area contributed by atoms with Gasteiger partial charge in [-0.1, -0.05) is 45.0 Å². The van der Waals surface area contributed by atoms with Crippen LogP contribution in [0, 0.1) is 0 Å². The summed E-state index contributed by atoms with van der Waals surface area (Å²) in [7, 11) is 0. The lowest BCUT2D eigenvalue weighted by molar-refractivity contribution is -0.137. The van der Waals surface area contributed by atoms with E-state index in [4.69, 9.17) is 4.74 Å². The van der Waals surface area contributed by atoms with Gasteiger partial charge in [-0.05, 0) is 48.6 Å². The van der Waals surface area contributed by atoms with Gasteiger partial charge in [-0.3, -0.25) is 0 Å². The predicted molar refractivity (Wildman–Crippen MR) is 106 cm³/mol. The van der Waals surface area contributed by atoms with Crippen molar-refractivity contribution in [1.29, 1.82) is 0 Å². The molecule has 0 atom stereocenters. The van der Waals surface area contributed by atoms with Gasteiger partial charge in [0, 0.05) is 18.0 Å². The van der Waals surface area contributed by atoms with E-state index in [9.17, 15) is 9.90 Å². The quantitative estimate of drug-likeness (QED) is 0.542. The number of nitrogens with zero attached hydrogens (tertiary/aromatic N) is 1. The summed E-state index contributed by atoms with van der Waals surface area (Å²) in [5, 5.41) is 10.5. The molecule has 4 heteroatoms. The Bertz CT molecular complexity index is 766. The van der Waals surface area contributed by atoms with Gasteiger partial charge in [0.2, 0.25) is 0 Å². The largest absolute Gasteiger partial charge is 0.506 e. The predicted octanol–water partition coefficient (Wildman–Crippen LogP) is 5.29. The molecule has 0 fully saturated rings. The third-order valence-electron chi connectivity index (χ3n) is 4.58. The van der Waals surface area contributed by atoms with E-state index in [0.717, 1.165) is 17.7 Å². The molecule has 0 aliphatic carbocycles. The first kappa shape index (κ1) is 19.6. The third kappa shape index (κ3) is 4.66. The molecular weight excluding hydrogens is 326 g/mol. The molecule has 0 heterocycles. The van der Waals surface area contributed by atoms with Crippen LogP contribution in [0.2, 0.25) is 0 Å². The molecule has 1 N–H and O–H groups in total. The number of hydrogen-bond donors (Lipinski definition) is 1. The van der Waals surface area contributed by atoms with Crippen LogP contribution in [-0.2, 0) is 14.9 Å². The van der Waals surface area contributed by atoms with Crippen molar-refractivity contribution in [3.05, 3.63) is 66.4 Å². The summed E-state index contributed by atoms with van der Waals surface area (Å²) in [5.74, 6) is -0.268. The molecule has 138 valence electrons. The highest BCUT2D eigenvalue weighted by molar-refractivity contribution is 5.84. The number of phenols is 1. The molecular formula is C22H27NO3. The molecule has 0 aliphatic rings. The zero-order chi connectivity index (χ0) is 19.2. The number of para-hydroxylation sites is 1. The highest BCUT2D eigenvalue weighted by Gasteiger charge is 2.21. The van der Waals surface area contributed by atoms with Crippen LogP contribution in [0.3, 0.4) is 0 Å². The first-order valence-electron chi connectivity index (χ1n) is 8.91. The molecule has 0 spiro atoms. The highest BCUT2D eigenvalue weighted by Crippen LogP contribution is 2.38. The molecule has 0 saturated carbocycles. The van der Waals surface area contributed by atoms with Crippen molar-refractivity contribution in [2.45, 2.75) is 39.5 Å². The summed E-state index contributed by atoms with van der Waals surface area (Å²) in [4.78, 5) is 13.6. The van der Waals surface area contributed by atoms with E-state index in [0.29, 0.717) is 12.3 Å². The number of carbonyl (C=O) groups excluding carboxylic acids is 1. The smallest absolute Gasteiger partial charge is 0.332 e. The molecule has 0 saturated heterocycles. The minimum absolute atomic E-state index is 0.0182. The summed E-state index contributed by atoms with van der Waals surface area (Å²) < 4.78 is 4.97. The Morgan fingerprint density at radius 3 is 2.46 bits per heavy atom. The zero-order valence-corrected chi connectivity index (χ0v) is 15.9. The monoisotopic (exact) mass is 353 g/mol. The lowest BCUT2D eigenvalue weighted by Gasteiger charge is -2.27. The highest BCUT2D eigenvalue weighted by atomic mass is 16.5. The van der Waals surface area contributed by atoms with Crippen molar-refractivity contribution in [2.75, 3.05) is 11.5 Å². The van der Waals surface area contributed by atoms with Crippen LogP contribution in [0.15, 0.2) is 60.8 Å². The average molecular weight is 353 g/mol. The number of carbonyl (C=O) groups is 1. The Balaban J connectivity index is 2.52. The van der Waals surface area contributed by atoms with E-state index < -0.39 is 5.97 Å². The number of benzene rings is 2. The second-order valence-corrected chi connectivity index (χ2v) is 6.71. The lowest BCUT2D eigenvalue weighted by Crippen LogP contribution is -2.17. The Morgan fingerprint density at radius 1 is 1.15 bits per heavy atom. The maximum Gasteiger partial charge on any atom is 0.332 e. The van der Waals surface area contributed by atoms with Crippen LogP contribution in [0.25, 0.3) is 0 Å². The van der Waals surface area contributed by atoms with E-state index in [-0.39, 0.29) is 11.2 Å². The van der Waals surface area contributed by atoms with Crippen LogP contribution in [0.4, 0.5) is 11.4 Å². The first-order valence-corrected chi connectivity index (χ1v) is 8.91. The van der Waals surface area contributed by atoms with Crippen LogP contribution in [-0.4, -0.2) is 17.7 Å². The van der Waals surface area contributed by atoms with Gasteiger partial charge in [-0.25, -0.2) is 4.79 Å². The number of rotatable bonds is 7. The molecule has 0 aliphatic heterocycles. The van der Waals surface area contributed by atoms with Crippen molar-refractivity contribution >= 4 is 17.3 Å². The van der Waals surface area contributed by atoms with Gasteiger partial charge < -0.3 is 14.7 Å². The van der Waals surface area contributed by atoms with Crippen LogP contribution in [0.5, 0.6) is 5.75 Å². The Labute approximate surface area is 155 Å². The molecule has 2 aromatic rings. The van der Waals surface area contributed by atoms with Gasteiger partial charge in [-0.2, -0.15) is 0 Å². The number of esters is 1. The molecule has 0 unspecified atom stereocenters. The second-order valence-electron chi connectivity index (χ2n) is 6.71. The third-order valence-corrected chi connectivity index (χ3v) is 4.58. The molecule has 4 nitrogen and oxygen atoms in total. The number of phenolic OH excluding ortho intramolecular Hbond substituents is 1. The minimum atomic E-state index is -0.419. The van der Waals surface area contributed by atoms with Gasteiger partial charge in [0.15, 0.2) is 0 Å². The van der Waals surface area contributed by atoms with Crippen LogP contribution < -0.4 is 4.90 Å². The Hall–Kier alpha value is -2.75. The van der Waals surface area contributed by atoms with Gasteiger partial charge in [0.25, 0.3) is 0 Å². The van der Waals surface area contributed by atoms with Crippen molar-refractivity contribution < 1.29 is 14.6 Å². The van der Waals surface area contributed by atoms with Crippen molar-refractivity contribution in [1.82, 2.24) is 0 Å². The second kappa shape index (κ2) is 8.56. The summed E-state index contributed by atoms with van der Waals surface area (Å²) in [6.45, 7) is 8.57. The van der Waals surface area contributed by atoms with Gasteiger partial charge in [0.1, 0.15) is 5.75 Å². The Kier molecular flexibility index (Phi) is 6.45. The van der Waals surface area contributed by atoms with Crippen molar-refractivity contribution in [3.63, 3.8) is 0 Å². The normalized spacial score (nSPS) is 11.5. The van der Waals surface area contributed by atoms with E-state index >= 15 is 0 Å². The van der Waals surface area contributed by atoms with E-state index in [1.165, 1.54) is 6.08 Å². The van der Waals surface area contributed by atoms with Crippen LogP contribution in [0.1, 0.15) is 39.7 Å². The van der Waals surface area contributed by atoms with Gasteiger partial charge in [-0.15, -0.1) is 0 Å². The van der Waals surface area contributed by atoms with E-state index in [1.54, 1.807) is 24.1 Å². The fourth-order valence-corrected chi connectivity index (χ4v) is 2.56. The fraction of sp³-hybridized carbons (Fsp3) is 0.318. The number of anilines is 2. The average Bonchev–Trinajstić information content (AvgIpc) is 2.64. The number of hydrogen-bond acceptors (Lipinski definition) is 4. The van der Waals surface area contributed by atoms with Crippen molar-refractivity contribution in [3.8, 4) is 5.75 Å². The SMILES string of the molecule is CCOC(=O)/C=C/N(c1ccccc1)c1cc(C(C)(C)CC)ccc1O. The Morgan fingerprint density at radius 2 is 1.85 bits per heavy atom. The standard InChI is InChI=1S/C22H27NO3/c1-5-22(3,4)17-12-13-20(24)19(16-17)23(15-14-21(25)26-6-2)18-10-8-7-9-11-18/h7-16,24H,5-6H2,1-4H3/b15-14+. The maximum atomic E-state index is 11.8. The minimum Gasteiger partial charge on any atom is -0.506 e. The molecule has 0 bridgehead atoms. The fourth-order valence-electron chi connectivity index (χ4n) is 2.56. The molecule has 26 heavy (non-hydrogen) atoms. The van der Waals surface area contributed by atoms with E-state index in [2.05, 4.69) is 20.8 Å². The molecule has 2 rings (SSSR count). The number of aromatic hydroxyl groups is 1. The molecule has 0 aromatic heterocycles. The topological polar surface area (TPSA) is 49.8 Å². The van der Waals surface area contributed by atoms with Crippen LogP contribution >= 0.6 is 0 Å². The van der Waals surface area contributed by atoms with Crippen molar-refractivity contribution in [2.24, 2.45) is 0 Å². The first-order chi connectivity index (χ1) is 12.4. The summed E-state index contributed by atoms with van der Waals surface area (Å²) in [5.41, 5.74) is 2.57.